The molecule has 1 saturated heterocycles. The monoisotopic (exact) mass is 548 g/mol. The van der Waals surface area contributed by atoms with Gasteiger partial charge in [-0.05, 0) is 66.9 Å². The van der Waals surface area contributed by atoms with E-state index in [9.17, 15) is 13.2 Å². The number of anilines is 1. The number of fused-ring (bicyclic) bond motifs is 1. The standard InChI is InChI=1S/C29H29ClN4O3S/c1-21-8-9-22(19-26(21)30)20-33-15-4-16-34(18-17-33)29(35)24-10-12-25(13-11-24)32-38(36,37)27-7-2-5-23-6-3-14-31-28(23)27/h2-3,5-14,19,32H,4,15-18,20H2,1H3. The summed E-state index contributed by atoms with van der Waals surface area (Å²) in [6.45, 7) is 5.76. The molecule has 1 N–H and O–H groups in total. The number of amides is 1. The van der Waals surface area contributed by atoms with Gasteiger partial charge in [0.25, 0.3) is 15.9 Å². The quantitative estimate of drug-likeness (QED) is 0.351. The number of nitrogens with one attached hydrogen (secondary N) is 1. The minimum absolute atomic E-state index is 0.0575. The Morgan fingerprint density at radius 2 is 1.76 bits per heavy atom. The van der Waals surface area contributed by atoms with Crippen LogP contribution in [-0.2, 0) is 16.6 Å². The molecule has 5 rings (SSSR count). The van der Waals surface area contributed by atoms with Crippen LogP contribution in [-0.4, -0.2) is 55.3 Å². The molecule has 0 radical (unpaired) electrons. The van der Waals surface area contributed by atoms with E-state index < -0.39 is 10.0 Å². The zero-order chi connectivity index (χ0) is 26.7. The second kappa shape index (κ2) is 11.1. The van der Waals surface area contributed by atoms with Crippen LogP contribution in [0.5, 0.6) is 0 Å². The van der Waals surface area contributed by atoms with Crippen LogP contribution >= 0.6 is 11.6 Å². The summed E-state index contributed by atoms with van der Waals surface area (Å²) in [5.41, 5.74) is 3.55. The number of aromatic nitrogens is 1. The molecular weight excluding hydrogens is 520 g/mol. The summed E-state index contributed by atoms with van der Waals surface area (Å²) in [7, 11) is -3.86. The molecule has 38 heavy (non-hydrogen) atoms. The molecule has 0 saturated carbocycles. The molecule has 1 aliphatic heterocycles. The molecule has 0 atom stereocenters. The van der Waals surface area contributed by atoms with Gasteiger partial charge in [0, 0.05) is 60.6 Å². The number of nitrogens with zero attached hydrogens (tertiary/aromatic N) is 3. The van der Waals surface area contributed by atoms with E-state index in [2.05, 4.69) is 20.7 Å². The van der Waals surface area contributed by atoms with Gasteiger partial charge in [0.05, 0.1) is 5.52 Å². The van der Waals surface area contributed by atoms with Crippen LogP contribution in [0.4, 0.5) is 5.69 Å². The lowest BCUT2D eigenvalue weighted by Crippen LogP contribution is -2.35. The minimum Gasteiger partial charge on any atom is -0.337 e. The first-order chi connectivity index (χ1) is 18.3. The molecule has 0 spiro atoms. The molecular formula is C29H29ClN4O3S. The molecule has 9 heteroatoms. The van der Waals surface area contributed by atoms with E-state index in [1.165, 1.54) is 6.07 Å². The highest BCUT2D eigenvalue weighted by Gasteiger charge is 2.22. The fraction of sp³-hybridized carbons (Fsp3) is 0.241. The third-order valence-corrected chi connectivity index (χ3v) is 8.61. The van der Waals surface area contributed by atoms with Crippen molar-refractivity contribution in [3.63, 3.8) is 0 Å². The van der Waals surface area contributed by atoms with E-state index >= 15 is 0 Å². The Bertz CT molecular complexity index is 1570. The van der Waals surface area contributed by atoms with Crippen molar-refractivity contribution < 1.29 is 13.2 Å². The van der Waals surface area contributed by atoms with Gasteiger partial charge >= 0.3 is 0 Å². The average molecular weight is 549 g/mol. The van der Waals surface area contributed by atoms with Crippen LogP contribution in [0.15, 0.2) is 83.9 Å². The van der Waals surface area contributed by atoms with Gasteiger partial charge < -0.3 is 4.90 Å². The molecule has 7 nitrogen and oxygen atoms in total. The van der Waals surface area contributed by atoms with Gasteiger partial charge in [-0.2, -0.15) is 0 Å². The van der Waals surface area contributed by atoms with E-state index in [4.69, 9.17) is 11.6 Å². The molecule has 1 aliphatic rings. The van der Waals surface area contributed by atoms with Crippen molar-refractivity contribution in [1.29, 1.82) is 0 Å². The molecule has 1 fully saturated rings. The van der Waals surface area contributed by atoms with Crippen LogP contribution in [0, 0.1) is 6.92 Å². The van der Waals surface area contributed by atoms with Crippen LogP contribution in [0.1, 0.15) is 27.9 Å². The Kier molecular flexibility index (Phi) is 7.65. The molecule has 2 heterocycles. The first-order valence-electron chi connectivity index (χ1n) is 12.5. The predicted octanol–water partition coefficient (Wildman–Crippen LogP) is 5.35. The van der Waals surface area contributed by atoms with Crippen molar-refractivity contribution in [3.8, 4) is 0 Å². The normalized spacial score (nSPS) is 14.8. The number of benzene rings is 3. The zero-order valence-corrected chi connectivity index (χ0v) is 22.7. The van der Waals surface area contributed by atoms with Crippen molar-refractivity contribution in [2.45, 2.75) is 24.8 Å². The summed E-state index contributed by atoms with van der Waals surface area (Å²) in [5, 5.41) is 1.52. The SMILES string of the molecule is Cc1ccc(CN2CCCN(C(=O)c3ccc(NS(=O)(=O)c4cccc5cccnc45)cc3)CC2)cc1Cl. The maximum Gasteiger partial charge on any atom is 0.264 e. The predicted molar refractivity (Wildman–Crippen MR) is 151 cm³/mol. The van der Waals surface area contributed by atoms with Crippen LogP contribution in [0.3, 0.4) is 0 Å². The minimum atomic E-state index is -3.86. The second-order valence-electron chi connectivity index (χ2n) is 9.52. The Morgan fingerprint density at radius 1 is 0.974 bits per heavy atom. The van der Waals surface area contributed by atoms with Crippen molar-refractivity contribution >= 4 is 44.1 Å². The van der Waals surface area contributed by atoms with E-state index in [1.54, 1.807) is 42.6 Å². The molecule has 1 aromatic heterocycles. The van der Waals surface area contributed by atoms with Crippen LogP contribution < -0.4 is 4.72 Å². The van der Waals surface area contributed by atoms with Crippen LogP contribution in [0.2, 0.25) is 5.02 Å². The number of para-hydroxylation sites is 1. The summed E-state index contributed by atoms with van der Waals surface area (Å²) in [6.07, 6.45) is 2.45. The first kappa shape index (κ1) is 26.2. The van der Waals surface area contributed by atoms with Gasteiger partial charge in [-0.3, -0.25) is 19.4 Å². The third-order valence-electron chi connectivity index (χ3n) is 6.79. The van der Waals surface area contributed by atoms with Gasteiger partial charge in [0.2, 0.25) is 0 Å². The number of carbonyl (C=O) groups excluding carboxylic acids is 1. The third kappa shape index (κ3) is 5.83. The summed E-state index contributed by atoms with van der Waals surface area (Å²) >= 11 is 6.29. The summed E-state index contributed by atoms with van der Waals surface area (Å²) in [5.74, 6) is -0.0575. The van der Waals surface area contributed by atoms with Gasteiger partial charge in [0.15, 0.2) is 0 Å². The van der Waals surface area contributed by atoms with E-state index in [0.29, 0.717) is 29.9 Å². The molecule has 3 aromatic carbocycles. The highest BCUT2D eigenvalue weighted by Crippen LogP contribution is 2.24. The van der Waals surface area contributed by atoms with Crippen molar-refractivity contribution in [1.82, 2.24) is 14.8 Å². The largest absolute Gasteiger partial charge is 0.337 e. The molecule has 0 aliphatic carbocycles. The average Bonchev–Trinajstić information content (AvgIpc) is 3.16. The Morgan fingerprint density at radius 3 is 2.55 bits per heavy atom. The Hall–Kier alpha value is -3.46. The first-order valence-corrected chi connectivity index (χ1v) is 14.4. The molecule has 0 bridgehead atoms. The number of carbonyl (C=O) groups is 1. The van der Waals surface area contributed by atoms with Gasteiger partial charge in [0.1, 0.15) is 4.90 Å². The highest BCUT2D eigenvalue weighted by atomic mass is 35.5. The summed E-state index contributed by atoms with van der Waals surface area (Å²) < 4.78 is 28.8. The summed E-state index contributed by atoms with van der Waals surface area (Å²) in [6, 6.07) is 21.4. The maximum absolute atomic E-state index is 13.2. The van der Waals surface area contributed by atoms with E-state index in [0.717, 1.165) is 47.6 Å². The highest BCUT2D eigenvalue weighted by molar-refractivity contribution is 7.93. The topological polar surface area (TPSA) is 82.6 Å². The van der Waals surface area contributed by atoms with E-state index in [-0.39, 0.29) is 10.8 Å². The number of sulfonamides is 1. The smallest absolute Gasteiger partial charge is 0.264 e. The number of rotatable bonds is 6. The summed E-state index contributed by atoms with van der Waals surface area (Å²) in [4.78, 5) is 21.8. The number of halogens is 1. The van der Waals surface area contributed by atoms with Crippen molar-refractivity contribution in [2.24, 2.45) is 0 Å². The number of pyridine rings is 1. The lowest BCUT2D eigenvalue weighted by atomic mass is 10.1. The van der Waals surface area contributed by atoms with Crippen LogP contribution in [0.25, 0.3) is 10.9 Å². The lowest BCUT2D eigenvalue weighted by molar-refractivity contribution is 0.0761. The molecule has 4 aromatic rings. The van der Waals surface area contributed by atoms with Gasteiger partial charge in [-0.1, -0.05) is 41.9 Å². The number of hydrogen-bond donors (Lipinski definition) is 1. The fourth-order valence-electron chi connectivity index (χ4n) is 4.69. The fourth-order valence-corrected chi connectivity index (χ4v) is 6.13. The molecule has 0 unspecified atom stereocenters. The Labute approximate surface area is 228 Å². The zero-order valence-electron chi connectivity index (χ0n) is 21.1. The second-order valence-corrected chi connectivity index (χ2v) is 11.6. The van der Waals surface area contributed by atoms with Gasteiger partial charge in [-0.15, -0.1) is 0 Å². The molecule has 196 valence electrons. The van der Waals surface area contributed by atoms with E-state index in [1.807, 2.05) is 36.1 Å². The number of aryl methyl sites for hydroxylation is 1. The maximum atomic E-state index is 13.2. The van der Waals surface area contributed by atoms with Crippen molar-refractivity contribution in [3.05, 3.63) is 101 Å². The Balaban J connectivity index is 1.23. The van der Waals surface area contributed by atoms with Gasteiger partial charge in [-0.25, -0.2) is 8.42 Å². The molecule has 1 amide bonds. The van der Waals surface area contributed by atoms with Crippen molar-refractivity contribution in [2.75, 3.05) is 30.9 Å². The number of hydrogen-bond acceptors (Lipinski definition) is 5. The lowest BCUT2D eigenvalue weighted by Gasteiger charge is -2.22.